The summed E-state index contributed by atoms with van der Waals surface area (Å²) < 4.78 is 2.11. The van der Waals surface area contributed by atoms with Crippen LogP contribution in [0.25, 0.3) is 5.52 Å². The van der Waals surface area contributed by atoms with E-state index < -0.39 is 5.54 Å². The van der Waals surface area contributed by atoms with E-state index in [9.17, 15) is 4.79 Å². The monoisotopic (exact) mass is 358 g/mol. The number of nitrogens with zero attached hydrogens (tertiary/aromatic N) is 2. The summed E-state index contributed by atoms with van der Waals surface area (Å²) in [6.45, 7) is 10.4. The van der Waals surface area contributed by atoms with Crippen LogP contribution in [-0.4, -0.2) is 33.6 Å². The number of hydrogen-bond acceptors (Lipinski definition) is 4. The first kappa shape index (κ1) is 16.9. The fourth-order valence-electron chi connectivity index (χ4n) is 4.07. The zero-order valence-electron chi connectivity index (χ0n) is 15.2. The van der Waals surface area contributed by atoms with Crippen LogP contribution < -0.4 is 10.6 Å². The van der Waals surface area contributed by atoms with Crippen LogP contribution in [0, 0.1) is 17.8 Å². The van der Waals surface area contributed by atoms with Crippen LogP contribution in [0.2, 0.25) is 0 Å². The molecule has 1 saturated carbocycles. The highest BCUT2D eigenvalue weighted by Gasteiger charge is 2.57. The molecule has 0 aromatic carbocycles. The van der Waals surface area contributed by atoms with Crippen molar-refractivity contribution in [3.8, 4) is 0 Å². The van der Waals surface area contributed by atoms with Gasteiger partial charge in [-0.25, -0.2) is 4.98 Å². The molecule has 3 atom stereocenters. The van der Waals surface area contributed by atoms with Crippen molar-refractivity contribution in [3.63, 3.8) is 0 Å². The molecule has 134 valence electrons. The smallest absolute Gasteiger partial charge is 0.224 e. The Balaban J connectivity index is 1.58. The number of hydrogen-bond donors (Lipinski definition) is 2. The molecule has 25 heavy (non-hydrogen) atoms. The summed E-state index contributed by atoms with van der Waals surface area (Å²) in [5.41, 5.74) is 0.598. The first-order chi connectivity index (χ1) is 11.9. The van der Waals surface area contributed by atoms with Crippen LogP contribution in [0.4, 0.5) is 0 Å². The number of carbonyl (C=O) groups excluding carboxylic acids is 1. The second-order valence-corrected chi connectivity index (χ2v) is 9.62. The quantitative estimate of drug-likeness (QED) is 0.807. The lowest BCUT2D eigenvalue weighted by Gasteiger charge is -2.26. The van der Waals surface area contributed by atoms with Crippen molar-refractivity contribution in [2.45, 2.75) is 43.4 Å². The third-order valence-corrected chi connectivity index (χ3v) is 6.35. The Bertz CT molecular complexity index is 803. The molecule has 6 heteroatoms. The van der Waals surface area contributed by atoms with Gasteiger partial charge >= 0.3 is 0 Å². The van der Waals surface area contributed by atoms with E-state index in [-0.39, 0.29) is 11.8 Å². The minimum Gasteiger partial charge on any atom is -0.344 e. The number of aromatic nitrogens is 2. The Morgan fingerprint density at radius 2 is 2.12 bits per heavy atom. The molecule has 4 rings (SSSR count). The minimum absolute atomic E-state index is 0.172. The lowest BCUT2D eigenvalue weighted by atomic mass is 10.0. The molecule has 0 radical (unpaired) electrons. The molecule has 0 unspecified atom stereocenters. The van der Waals surface area contributed by atoms with E-state index in [0.717, 1.165) is 24.4 Å². The maximum absolute atomic E-state index is 12.7. The third-order valence-electron chi connectivity index (χ3n) is 5.28. The Morgan fingerprint density at radius 1 is 1.40 bits per heavy atom. The number of thioether (sulfide) groups is 1. The zero-order chi connectivity index (χ0) is 17.8. The number of amides is 1. The van der Waals surface area contributed by atoms with Crippen LogP contribution in [0.5, 0.6) is 0 Å². The normalized spacial score (nSPS) is 25.4. The largest absolute Gasteiger partial charge is 0.344 e. The zero-order valence-corrected chi connectivity index (χ0v) is 16.1. The van der Waals surface area contributed by atoms with E-state index in [1.54, 1.807) is 0 Å². The molecule has 2 fully saturated rings. The summed E-state index contributed by atoms with van der Waals surface area (Å²) in [6, 6.07) is 4.19. The Morgan fingerprint density at radius 3 is 2.80 bits per heavy atom. The van der Waals surface area contributed by atoms with Crippen LogP contribution in [0.1, 0.15) is 33.5 Å². The number of fused-ring (bicyclic) bond motifs is 2. The molecule has 2 aromatic heterocycles. The summed E-state index contributed by atoms with van der Waals surface area (Å²) in [4.78, 5) is 18.6. The van der Waals surface area contributed by atoms with Crippen LogP contribution in [0.3, 0.4) is 0 Å². The average molecular weight is 359 g/mol. The summed E-state index contributed by atoms with van der Waals surface area (Å²) in [5.74, 6) is 2.29. The van der Waals surface area contributed by atoms with Crippen LogP contribution in [-0.2, 0) is 10.3 Å². The van der Waals surface area contributed by atoms with Crippen molar-refractivity contribution in [1.29, 1.82) is 0 Å². The van der Waals surface area contributed by atoms with Gasteiger partial charge in [-0.05, 0) is 50.9 Å². The van der Waals surface area contributed by atoms with E-state index in [0.29, 0.717) is 17.1 Å². The third kappa shape index (κ3) is 2.95. The predicted molar refractivity (Wildman–Crippen MR) is 101 cm³/mol. The topological polar surface area (TPSA) is 58.4 Å². The van der Waals surface area contributed by atoms with Crippen molar-refractivity contribution < 1.29 is 4.79 Å². The van der Waals surface area contributed by atoms with E-state index in [4.69, 9.17) is 0 Å². The lowest BCUT2D eigenvalue weighted by molar-refractivity contribution is -0.124. The molecule has 2 aromatic rings. The summed E-state index contributed by atoms with van der Waals surface area (Å²) in [6.07, 6.45) is 3.95. The van der Waals surface area contributed by atoms with Crippen molar-refractivity contribution in [1.82, 2.24) is 20.0 Å². The number of rotatable bonds is 5. The summed E-state index contributed by atoms with van der Waals surface area (Å²) >= 11 is 1.84. The molecule has 2 aliphatic rings. The van der Waals surface area contributed by atoms with Gasteiger partial charge in [0.1, 0.15) is 5.82 Å². The Labute approximate surface area is 153 Å². The number of nitrogens with one attached hydrogen (secondary N) is 2. The van der Waals surface area contributed by atoms with Gasteiger partial charge in [0.2, 0.25) is 5.91 Å². The van der Waals surface area contributed by atoms with Gasteiger partial charge in [-0.15, -0.1) is 11.8 Å². The van der Waals surface area contributed by atoms with Gasteiger partial charge in [0, 0.05) is 22.3 Å². The molecule has 2 N–H and O–H groups in total. The van der Waals surface area contributed by atoms with Gasteiger partial charge in [0.25, 0.3) is 0 Å². The number of pyridine rings is 1. The Hall–Kier alpha value is -1.53. The van der Waals surface area contributed by atoms with Crippen molar-refractivity contribution >= 4 is 23.2 Å². The van der Waals surface area contributed by atoms with Gasteiger partial charge in [0.05, 0.1) is 17.3 Å². The van der Waals surface area contributed by atoms with Crippen LogP contribution in [0.15, 0.2) is 29.4 Å². The van der Waals surface area contributed by atoms with Gasteiger partial charge < -0.3 is 15.0 Å². The molecular weight excluding hydrogens is 332 g/mol. The molecule has 0 bridgehead atoms. The van der Waals surface area contributed by atoms with Crippen molar-refractivity contribution in [2.24, 2.45) is 17.8 Å². The SMILES string of the molecule is CC(C)Sc1cccn2c(C(C)(C)NC(=O)[C@@H]3[C@@H]4CNC[C@@H]43)ncc12. The first-order valence-corrected chi connectivity index (χ1v) is 9.92. The minimum atomic E-state index is -0.505. The van der Waals surface area contributed by atoms with E-state index >= 15 is 0 Å². The van der Waals surface area contributed by atoms with Crippen LogP contribution >= 0.6 is 11.8 Å². The van der Waals surface area contributed by atoms with Gasteiger partial charge in [-0.3, -0.25) is 4.79 Å². The van der Waals surface area contributed by atoms with E-state index in [1.807, 2.05) is 38.0 Å². The maximum Gasteiger partial charge on any atom is 0.224 e. The highest BCUT2D eigenvalue weighted by Crippen LogP contribution is 2.49. The molecule has 0 spiro atoms. The molecule has 1 amide bonds. The van der Waals surface area contributed by atoms with Gasteiger partial charge in [0.15, 0.2) is 0 Å². The van der Waals surface area contributed by atoms with E-state index in [1.165, 1.54) is 4.90 Å². The highest BCUT2D eigenvalue weighted by molar-refractivity contribution is 8.00. The number of imidazole rings is 1. The predicted octanol–water partition coefficient (Wildman–Crippen LogP) is 2.65. The maximum atomic E-state index is 12.7. The lowest BCUT2D eigenvalue weighted by Crippen LogP contribution is -2.44. The first-order valence-electron chi connectivity index (χ1n) is 9.04. The molecule has 5 nitrogen and oxygen atoms in total. The fourth-order valence-corrected chi connectivity index (χ4v) is 5.00. The summed E-state index contributed by atoms with van der Waals surface area (Å²) in [7, 11) is 0. The Kier molecular flexibility index (Phi) is 4.07. The summed E-state index contributed by atoms with van der Waals surface area (Å²) in [5, 5.41) is 7.10. The molecular formula is C19H26N4OS. The average Bonchev–Trinajstić information content (AvgIpc) is 2.89. The van der Waals surface area contributed by atoms with Crippen molar-refractivity contribution in [2.75, 3.05) is 13.1 Å². The highest BCUT2D eigenvalue weighted by atomic mass is 32.2. The second kappa shape index (κ2) is 6.02. The van der Waals surface area contributed by atoms with E-state index in [2.05, 4.69) is 46.0 Å². The van der Waals surface area contributed by atoms with Gasteiger partial charge in [-0.2, -0.15) is 0 Å². The molecule has 1 aliphatic heterocycles. The molecule has 1 saturated heterocycles. The standard InChI is InChI=1S/C19H26N4OS/c1-11(2)25-15-6-5-7-23-14(15)10-21-18(23)19(3,4)22-17(24)16-12-8-20-9-13(12)16/h5-7,10-13,16,20H,8-9H2,1-4H3,(H,22,24)/t12-,13+,16-. The molecule has 3 heterocycles. The number of piperidine rings is 1. The van der Waals surface area contributed by atoms with Gasteiger partial charge in [-0.1, -0.05) is 13.8 Å². The fraction of sp³-hybridized carbons (Fsp3) is 0.579. The second-order valence-electron chi connectivity index (χ2n) is 8.00. The van der Waals surface area contributed by atoms with Crippen molar-refractivity contribution in [3.05, 3.63) is 30.4 Å². The number of carbonyl (C=O) groups is 1. The molecule has 1 aliphatic carbocycles.